The third kappa shape index (κ3) is 3.36. The average molecular weight is 306 g/mol. The van der Waals surface area contributed by atoms with Crippen molar-refractivity contribution in [2.75, 3.05) is 13.2 Å². The lowest BCUT2D eigenvalue weighted by atomic mass is 10.0. The Kier molecular flexibility index (Phi) is 4.42. The summed E-state index contributed by atoms with van der Waals surface area (Å²) in [4.78, 5) is 2.90. The molecular weight excluding hydrogens is 284 g/mol. The maximum Gasteiger partial charge on any atom is 0.120 e. The molecule has 0 radical (unpaired) electrons. The van der Waals surface area contributed by atoms with E-state index < -0.39 is 0 Å². The number of benzene rings is 1. The van der Waals surface area contributed by atoms with Gasteiger partial charge in [-0.15, -0.1) is 0 Å². The molecule has 0 aromatic heterocycles. The molecule has 4 nitrogen and oxygen atoms in total. The number of hydrogen-bond acceptors (Lipinski definition) is 4. The van der Waals surface area contributed by atoms with Gasteiger partial charge < -0.3 is 15.6 Å². The quantitative estimate of drug-likeness (QED) is 0.811. The van der Waals surface area contributed by atoms with Crippen molar-refractivity contribution < 1.29 is 9.84 Å². The fourth-order valence-corrected chi connectivity index (χ4v) is 3.75. The Labute approximate surface area is 130 Å². The summed E-state index contributed by atoms with van der Waals surface area (Å²) in [5.74, 6) is 0.810. The summed E-state index contributed by atoms with van der Waals surface area (Å²) in [7, 11) is 0. The Morgan fingerprint density at radius 2 is 2.05 bits per heavy atom. The van der Waals surface area contributed by atoms with Crippen molar-refractivity contribution in [1.29, 1.82) is 0 Å². The van der Waals surface area contributed by atoms with Gasteiger partial charge in [-0.05, 0) is 37.8 Å². The lowest BCUT2D eigenvalue weighted by molar-refractivity contribution is 0.0288. The summed E-state index contributed by atoms with van der Waals surface area (Å²) in [6.45, 7) is 1.57. The second-order valence-corrected chi connectivity index (χ2v) is 6.43. The van der Waals surface area contributed by atoms with Crippen LogP contribution in [0.15, 0.2) is 24.3 Å². The first kappa shape index (κ1) is 14.8. The molecule has 2 heterocycles. The molecule has 2 aliphatic heterocycles. The lowest BCUT2D eigenvalue weighted by Gasteiger charge is -2.36. The molecule has 0 amide bonds. The minimum Gasteiger partial charge on any atom is -0.492 e. The third-order valence-electron chi connectivity index (χ3n) is 4.60. The molecule has 114 valence electrons. The molecule has 1 aromatic carbocycles. The molecule has 3 rings (SSSR count). The SMILES string of the molecule is NC(=S)c1cccc(OCCN2C3CCC2CC(O)C3)c1. The molecule has 3 N–H and O–H groups in total. The van der Waals surface area contributed by atoms with Gasteiger partial charge in [0.15, 0.2) is 0 Å². The molecule has 0 aliphatic carbocycles. The predicted octanol–water partition coefficient (Wildman–Crippen LogP) is 1.69. The van der Waals surface area contributed by atoms with Crippen molar-refractivity contribution in [3.63, 3.8) is 0 Å². The second-order valence-electron chi connectivity index (χ2n) is 5.99. The van der Waals surface area contributed by atoms with Gasteiger partial charge in [0, 0.05) is 24.2 Å². The summed E-state index contributed by atoms with van der Waals surface area (Å²) in [6, 6.07) is 8.68. The first-order valence-corrected chi connectivity index (χ1v) is 8.01. The number of thiocarbonyl (C=S) groups is 1. The molecule has 2 bridgehead atoms. The van der Waals surface area contributed by atoms with E-state index in [9.17, 15) is 5.11 Å². The fraction of sp³-hybridized carbons (Fsp3) is 0.562. The smallest absolute Gasteiger partial charge is 0.120 e. The Morgan fingerprint density at radius 3 is 2.71 bits per heavy atom. The van der Waals surface area contributed by atoms with Gasteiger partial charge in [0.1, 0.15) is 17.3 Å². The highest BCUT2D eigenvalue weighted by molar-refractivity contribution is 7.80. The van der Waals surface area contributed by atoms with E-state index in [4.69, 9.17) is 22.7 Å². The second kappa shape index (κ2) is 6.30. The maximum absolute atomic E-state index is 9.81. The summed E-state index contributed by atoms with van der Waals surface area (Å²) in [5, 5.41) is 9.81. The molecule has 0 saturated carbocycles. The fourth-order valence-electron chi connectivity index (χ4n) is 3.62. The Bertz CT molecular complexity index is 509. The standard InChI is InChI=1S/C16H22N2O2S/c17-16(21)11-2-1-3-15(8-11)20-7-6-18-12-4-5-13(18)10-14(19)9-12/h1-3,8,12-14,19H,4-7,9-10H2,(H2,17,21). The highest BCUT2D eigenvalue weighted by Gasteiger charge is 2.39. The van der Waals surface area contributed by atoms with Crippen molar-refractivity contribution in [3.8, 4) is 5.75 Å². The number of aliphatic hydroxyl groups excluding tert-OH is 1. The zero-order valence-corrected chi connectivity index (χ0v) is 12.9. The summed E-state index contributed by atoms with van der Waals surface area (Å²) < 4.78 is 5.83. The molecule has 2 unspecified atom stereocenters. The third-order valence-corrected chi connectivity index (χ3v) is 4.83. The van der Waals surface area contributed by atoms with E-state index in [2.05, 4.69) is 4.90 Å². The molecule has 0 spiro atoms. The van der Waals surface area contributed by atoms with E-state index in [1.807, 2.05) is 24.3 Å². The normalized spacial score (nSPS) is 28.5. The van der Waals surface area contributed by atoms with Crippen LogP contribution in [0.25, 0.3) is 0 Å². The van der Waals surface area contributed by atoms with Crippen LogP contribution in [-0.4, -0.2) is 46.3 Å². The molecule has 2 atom stereocenters. The van der Waals surface area contributed by atoms with Crippen molar-refractivity contribution in [2.24, 2.45) is 5.73 Å². The minimum absolute atomic E-state index is 0.109. The van der Waals surface area contributed by atoms with Gasteiger partial charge in [0.05, 0.1) is 6.10 Å². The molecular formula is C16H22N2O2S. The van der Waals surface area contributed by atoms with Crippen LogP contribution in [0.1, 0.15) is 31.2 Å². The van der Waals surface area contributed by atoms with Crippen molar-refractivity contribution in [1.82, 2.24) is 4.90 Å². The van der Waals surface area contributed by atoms with Gasteiger partial charge in [-0.3, -0.25) is 4.90 Å². The van der Waals surface area contributed by atoms with Crippen molar-refractivity contribution in [2.45, 2.75) is 43.9 Å². The van der Waals surface area contributed by atoms with E-state index in [1.54, 1.807) is 0 Å². The lowest BCUT2D eigenvalue weighted by Crippen LogP contribution is -2.46. The molecule has 1 aromatic rings. The zero-order valence-electron chi connectivity index (χ0n) is 12.1. The number of nitrogens with two attached hydrogens (primary N) is 1. The summed E-state index contributed by atoms with van der Waals surface area (Å²) in [5.41, 5.74) is 6.47. The molecule has 5 heteroatoms. The number of rotatable bonds is 5. The number of nitrogens with zero attached hydrogens (tertiary/aromatic N) is 1. The van der Waals surface area contributed by atoms with Crippen LogP contribution in [0.4, 0.5) is 0 Å². The van der Waals surface area contributed by atoms with Gasteiger partial charge in [-0.1, -0.05) is 24.4 Å². The van der Waals surface area contributed by atoms with Crippen LogP contribution < -0.4 is 10.5 Å². The predicted molar refractivity (Wildman–Crippen MR) is 86.6 cm³/mol. The number of piperidine rings is 1. The largest absolute Gasteiger partial charge is 0.492 e. The van der Waals surface area contributed by atoms with Gasteiger partial charge in [-0.25, -0.2) is 0 Å². The first-order valence-electron chi connectivity index (χ1n) is 7.60. The number of fused-ring (bicyclic) bond motifs is 2. The number of aliphatic hydroxyl groups is 1. The molecule has 2 fully saturated rings. The van der Waals surface area contributed by atoms with Gasteiger partial charge >= 0.3 is 0 Å². The van der Waals surface area contributed by atoms with Gasteiger partial charge in [0.2, 0.25) is 0 Å². The van der Waals surface area contributed by atoms with Crippen LogP contribution in [0.5, 0.6) is 5.75 Å². The van der Waals surface area contributed by atoms with Crippen LogP contribution >= 0.6 is 12.2 Å². The highest BCUT2D eigenvalue weighted by atomic mass is 32.1. The van der Waals surface area contributed by atoms with Crippen molar-refractivity contribution >= 4 is 17.2 Å². The van der Waals surface area contributed by atoms with Crippen LogP contribution in [0.2, 0.25) is 0 Å². The molecule has 2 aliphatic rings. The van der Waals surface area contributed by atoms with Gasteiger partial charge in [-0.2, -0.15) is 0 Å². The van der Waals surface area contributed by atoms with Crippen LogP contribution in [0, 0.1) is 0 Å². The summed E-state index contributed by atoms with van der Waals surface area (Å²) in [6.07, 6.45) is 4.12. The van der Waals surface area contributed by atoms with Crippen molar-refractivity contribution in [3.05, 3.63) is 29.8 Å². The Morgan fingerprint density at radius 1 is 1.33 bits per heavy atom. The molecule has 21 heavy (non-hydrogen) atoms. The van der Waals surface area contributed by atoms with E-state index in [-0.39, 0.29) is 6.10 Å². The van der Waals surface area contributed by atoms with E-state index in [0.717, 1.165) is 30.7 Å². The number of hydrogen-bond donors (Lipinski definition) is 2. The molecule has 2 saturated heterocycles. The number of ether oxygens (including phenoxy) is 1. The average Bonchev–Trinajstić information content (AvgIpc) is 2.70. The maximum atomic E-state index is 9.81. The van der Waals surface area contributed by atoms with E-state index >= 15 is 0 Å². The Balaban J connectivity index is 1.53. The van der Waals surface area contributed by atoms with Crippen LogP contribution in [0.3, 0.4) is 0 Å². The first-order chi connectivity index (χ1) is 10.1. The Hall–Kier alpha value is -1.17. The zero-order chi connectivity index (χ0) is 14.8. The topological polar surface area (TPSA) is 58.7 Å². The monoisotopic (exact) mass is 306 g/mol. The van der Waals surface area contributed by atoms with Crippen LogP contribution in [-0.2, 0) is 0 Å². The highest BCUT2D eigenvalue weighted by Crippen LogP contribution is 2.35. The summed E-state index contributed by atoms with van der Waals surface area (Å²) >= 11 is 4.98. The van der Waals surface area contributed by atoms with E-state index in [1.165, 1.54) is 12.8 Å². The minimum atomic E-state index is -0.109. The van der Waals surface area contributed by atoms with Gasteiger partial charge in [0.25, 0.3) is 0 Å². The van der Waals surface area contributed by atoms with E-state index in [0.29, 0.717) is 23.7 Å².